The molecule has 23 heavy (non-hydrogen) atoms. The van der Waals surface area contributed by atoms with E-state index in [4.69, 9.17) is 0 Å². The Kier molecular flexibility index (Phi) is 6.14. The van der Waals surface area contributed by atoms with E-state index in [1.165, 1.54) is 56.1 Å². The Hall–Kier alpha value is -0.850. The summed E-state index contributed by atoms with van der Waals surface area (Å²) in [7, 11) is 0. The number of piperidine rings is 1. The van der Waals surface area contributed by atoms with Crippen molar-refractivity contribution >= 4 is 17.7 Å². The fourth-order valence-electron chi connectivity index (χ4n) is 3.41. The fraction of sp³-hybridized carbons (Fsp3) is 0.765. The quantitative estimate of drug-likeness (QED) is 0.891. The molecule has 2 aliphatic heterocycles. The third-order valence-corrected chi connectivity index (χ3v) is 5.59. The van der Waals surface area contributed by atoms with Gasteiger partial charge in [0.05, 0.1) is 0 Å². The average Bonchev–Trinajstić information content (AvgIpc) is 2.58. The summed E-state index contributed by atoms with van der Waals surface area (Å²) in [6, 6.07) is 1.18. The van der Waals surface area contributed by atoms with Crippen LogP contribution < -0.4 is 5.32 Å². The zero-order valence-electron chi connectivity index (χ0n) is 14.4. The molecule has 1 aromatic heterocycles. The predicted octanol–water partition coefficient (Wildman–Crippen LogP) is 2.31. The van der Waals surface area contributed by atoms with Gasteiger partial charge in [0.1, 0.15) is 0 Å². The Bertz CT molecular complexity index is 464. The first-order chi connectivity index (χ1) is 11.2. The minimum atomic E-state index is 0.369. The summed E-state index contributed by atoms with van der Waals surface area (Å²) in [5, 5.41) is 3.23. The number of hydrogen-bond acceptors (Lipinski definition) is 6. The van der Waals surface area contributed by atoms with Crippen LogP contribution in [0.1, 0.15) is 32.3 Å². The number of rotatable bonds is 5. The van der Waals surface area contributed by atoms with Crippen LogP contribution in [0.3, 0.4) is 0 Å². The highest BCUT2D eigenvalue weighted by atomic mass is 32.2. The zero-order chi connectivity index (χ0) is 16.1. The molecule has 0 unspecified atom stereocenters. The van der Waals surface area contributed by atoms with Gasteiger partial charge in [-0.3, -0.25) is 9.80 Å². The maximum absolute atomic E-state index is 4.41. The molecule has 128 valence electrons. The smallest absolute Gasteiger partial charge is 0.222 e. The molecule has 2 saturated heterocycles. The molecular formula is C17H29N5S. The monoisotopic (exact) mass is 335 g/mol. The second-order valence-electron chi connectivity index (χ2n) is 6.87. The molecule has 3 heterocycles. The van der Waals surface area contributed by atoms with E-state index in [1.54, 1.807) is 0 Å². The molecule has 0 spiro atoms. The Morgan fingerprint density at radius 1 is 1.13 bits per heavy atom. The largest absolute Gasteiger partial charge is 0.352 e. The SMILES string of the molecule is CC(C)Nc1ncc(CN2CCC(N3CCSCC3)CC2)cn1. The predicted molar refractivity (Wildman–Crippen MR) is 98.0 cm³/mol. The molecule has 0 atom stereocenters. The molecule has 0 amide bonds. The Labute approximate surface area is 144 Å². The second kappa shape index (κ2) is 8.31. The number of likely N-dealkylation sites (tertiary alicyclic amines) is 1. The first-order valence-corrected chi connectivity index (χ1v) is 9.98. The van der Waals surface area contributed by atoms with Crippen molar-refractivity contribution in [3.63, 3.8) is 0 Å². The molecule has 3 rings (SSSR count). The average molecular weight is 336 g/mol. The van der Waals surface area contributed by atoms with E-state index in [2.05, 4.69) is 50.7 Å². The summed E-state index contributed by atoms with van der Waals surface area (Å²) in [6.45, 7) is 10.1. The van der Waals surface area contributed by atoms with Gasteiger partial charge in [0, 0.05) is 61.2 Å². The van der Waals surface area contributed by atoms with E-state index in [-0.39, 0.29) is 0 Å². The van der Waals surface area contributed by atoms with Gasteiger partial charge in [-0.15, -0.1) is 0 Å². The molecule has 1 aromatic rings. The highest BCUT2D eigenvalue weighted by molar-refractivity contribution is 7.99. The van der Waals surface area contributed by atoms with Crippen molar-refractivity contribution in [1.82, 2.24) is 19.8 Å². The second-order valence-corrected chi connectivity index (χ2v) is 8.09. The number of thioether (sulfide) groups is 1. The first kappa shape index (κ1) is 17.0. The first-order valence-electron chi connectivity index (χ1n) is 8.82. The van der Waals surface area contributed by atoms with Crippen molar-refractivity contribution in [3.8, 4) is 0 Å². The van der Waals surface area contributed by atoms with E-state index < -0.39 is 0 Å². The number of nitrogens with one attached hydrogen (secondary N) is 1. The van der Waals surface area contributed by atoms with Crippen molar-refractivity contribution in [2.24, 2.45) is 0 Å². The third-order valence-electron chi connectivity index (χ3n) is 4.65. The van der Waals surface area contributed by atoms with E-state index in [0.29, 0.717) is 6.04 Å². The van der Waals surface area contributed by atoms with Gasteiger partial charge in [-0.2, -0.15) is 11.8 Å². The molecule has 6 heteroatoms. The number of hydrogen-bond donors (Lipinski definition) is 1. The lowest BCUT2D eigenvalue weighted by Gasteiger charge is -2.40. The van der Waals surface area contributed by atoms with Gasteiger partial charge >= 0.3 is 0 Å². The maximum Gasteiger partial charge on any atom is 0.222 e. The van der Waals surface area contributed by atoms with Crippen molar-refractivity contribution in [2.45, 2.75) is 45.3 Å². The highest BCUT2D eigenvalue weighted by Gasteiger charge is 2.25. The number of nitrogens with zero attached hydrogens (tertiary/aromatic N) is 4. The van der Waals surface area contributed by atoms with Crippen LogP contribution in [-0.4, -0.2) is 69.5 Å². The van der Waals surface area contributed by atoms with Gasteiger partial charge in [0.2, 0.25) is 5.95 Å². The van der Waals surface area contributed by atoms with Crippen LogP contribution >= 0.6 is 11.8 Å². The Morgan fingerprint density at radius 2 is 1.78 bits per heavy atom. The van der Waals surface area contributed by atoms with Gasteiger partial charge in [-0.1, -0.05) is 0 Å². The molecule has 2 fully saturated rings. The van der Waals surface area contributed by atoms with Crippen LogP contribution in [0.15, 0.2) is 12.4 Å². The lowest BCUT2D eigenvalue weighted by molar-refractivity contribution is 0.112. The zero-order valence-corrected chi connectivity index (χ0v) is 15.2. The van der Waals surface area contributed by atoms with Gasteiger partial charge in [-0.05, 0) is 39.8 Å². The Balaban J connectivity index is 1.44. The summed E-state index contributed by atoms with van der Waals surface area (Å²) in [4.78, 5) is 14.1. The van der Waals surface area contributed by atoms with E-state index >= 15 is 0 Å². The minimum Gasteiger partial charge on any atom is -0.352 e. The van der Waals surface area contributed by atoms with Gasteiger partial charge in [0.25, 0.3) is 0 Å². The number of aromatic nitrogens is 2. The van der Waals surface area contributed by atoms with E-state index in [9.17, 15) is 0 Å². The molecule has 5 nitrogen and oxygen atoms in total. The van der Waals surface area contributed by atoms with Crippen LogP contribution in [0.4, 0.5) is 5.95 Å². The lowest BCUT2D eigenvalue weighted by Crippen LogP contribution is -2.47. The molecule has 0 saturated carbocycles. The highest BCUT2D eigenvalue weighted by Crippen LogP contribution is 2.21. The Morgan fingerprint density at radius 3 is 2.39 bits per heavy atom. The van der Waals surface area contributed by atoms with Gasteiger partial charge in [-0.25, -0.2) is 9.97 Å². The standard InChI is InChI=1S/C17H29N5S/c1-14(2)20-17-18-11-15(12-19-17)13-21-5-3-16(4-6-21)22-7-9-23-10-8-22/h11-12,14,16H,3-10,13H2,1-2H3,(H,18,19,20). The van der Waals surface area contributed by atoms with Crippen molar-refractivity contribution in [1.29, 1.82) is 0 Å². The van der Waals surface area contributed by atoms with E-state index in [1.807, 2.05) is 12.4 Å². The third kappa shape index (κ3) is 5.06. The molecule has 2 aliphatic rings. The summed E-state index contributed by atoms with van der Waals surface area (Å²) in [5.74, 6) is 3.35. The molecule has 1 N–H and O–H groups in total. The lowest BCUT2D eigenvalue weighted by atomic mass is 10.0. The summed E-state index contributed by atoms with van der Waals surface area (Å²) < 4.78 is 0. The van der Waals surface area contributed by atoms with E-state index in [0.717, 1.165) is 18.5 Å². The van der Waals surface area contributed by atoms with Crippen LogP contribution in [0.25, 0.3) is 0 Å². The van der Waals surface area contributed by atoms with Crippen molar-refractivity contribution in [3.05, 3.63) is 18.0 Å². The van der Waals surface area contributed by atoms with Gasteiger partial charge in [0.15, 0.2) is 0 Å². The summed E-state index contributed by atoms with van der Waals surface area (Å²) in [6.07, 6.45) is 6.54. The van der Waals surface area contributed by atoms with Crippen molar-refractivity contribution in [2.75, 3.05) is 43.0 Å². The maximum atomic E-state index is 4.41. The molecule has 0 radical (unpaired) electrons. The van der Waals surface area contributed by atoms with Crippen LogP contribution in [0.5, 0.6) is 0 Å². The molecular weight excluding hydrogens is 306 g/mol. The van der Waals surface area contributed by atoms with Crippen LogP contribution in [0, 0.1) is 0 Å². The van der Waals surface area contributed by atoms with Crippen LogP contribution in [-0.2, 0) is 6.54 Å². The minimum absolute atomic E-state index is 0.369. The molecule has 0 aliphatic carbocycles. The topological polar surface area (TPSA) is 44.3 Å². The van der Waals surface area contributed by atoms with Crippen molar-refractivity contribution < 1.29 is 0 Å². The summed E-state index contributed by atoms with van der Waals surface area (Å²) in [5.41, 5.74) is 1.21. The summed E-state index contributed by atoms with van der Waals surface area (Å²) >= 11 is 2.10. The fourth-order valence-corrected chi connectivity index (χ4v) is 4.34. The molecule has 0 bridgehead atoms. The normalized spacial score (nSPS) is 21.7. The molecule has 0 aromatic carbocycles. The van der Waals surface area contributed by atoms with Crippen LogP contribution in [0.2, 0.25) is 0 Å². The number of anilines is 1. The van der Waals surface area contributed by atoms with Gasteiger partial charge < -0.3 is 5.32 Å².